The van der Waals surface area contributed by atoms with Gasteiger partial charge < -0.3 is 9.47 Å². The normalized spacial score (nSPS) is 10.3. The van der Waals surface area contributed by atoms with Crippen molar-refractivity contribution in [3.63, 3.8) is 0 Å². The Morgan fingerprint density at radius 3 is 2.28 bits per heavy atom. The Bertz CT molecular complexity index is 743. The molecular weight excluding hydrogens is 388 g/mol. The monoisotopic (exact) mass is 404 g/mol. The van der Waals surface area contributed by atoms with Crippen LogP contribution in [0.4, 0.5) is 0 Å². The molecule has 25 heavy (non-hydrogen) atoms. The fourth-order valence-electron chi connectivity index (χ4n) is 1.78. The molecule has 0 fully saturated rings. The highest BCUT2D eigenvalue weighted by Crippen LogP contribution is 2.15. The molecule has 0 spiro atoms. The van der Waals surface area contributed by atoms with Gasteiger partial charge in [-0.1, -0.05) is 28.1 Å². The SMILES string of the molecule is COc1ccc(/C=C/C(=O)NNC(=O)COc2ccc(Br)cc2)cc1. The first-order valence-electron chi connectivity index (χ1n) is 7.36. The van der Waals surface area contributed by atoms with Crippen LogP contribution < -0.4 is 20.3 Å². The van der Waals surface area contributed by atoms with E-state index in [0.717, 1.165) is 15.8 Å². The first-order valence-corrected chi connectivity index (χ1v) is 8.15. The molecule has 0 atom stereocenters. The van der Waals surface area contributed by atoms with Gasteiger partial charge in [0.25, 0.3) is 11.8 Å². The van der Waals surface area contributed by atoms with Crippen LogP contribution in [0.25, 0.3) is 6.08 Å². The molecule has 0 unspecified atom stereocenters. The molecule has 130 valence electrons. The number of hydrogen-bond donors (Lipinski definition) is 2. The van der Waals surface area contributed by atoms with E-state index in [0.29, 0.717) is 5.75 Å². The maximum Gasteiger partial charge on any atom is 0.276 e. The molecular formula is C18H17BrN2O4. The summed E-state index contributed by atoms with van der Waals surface area (Å²) in [6.07, 6.45) is 2.94. The molecule has 0 aliphatic heterocycles. The van der Waals surface area contributed by atoms with Crippen molar-refractivity contribution in [2.75, 3.05) is 13.7 Å². The lowest BCUT2D eigenvalue weighted by Crippen LogP contribution is -2.43. The molecule has 2 N–H and O–H groups in total. The van der Waals surface area contributed by atoms with Gasteiger partial charge in [-0.25, -0.2) is 0 Å². The van der Waals surface area contributed by atoms with Crippen molar-refractivity contribution >= 4 is 33.8 Å². The summed E-state index contributed by atoms with van der Waals surface area (Å²) in [7, 11) is 1.58. The number of carbonyl (C=O) groups is 2. The van der Waals surface area contributed by atoms with Crippen LogP contribution in [0.2, 0.25) is 0 Å². The smallest absolute Gasteiger partial charge is 0.276 e. The van der Waals surface area contributed by atoms with Crippen molar-refractivity contribution in [2.45, 2.75) is 0 Å². The van der Waals surface area contributed by atoms with Gasteiger partial charge in [0, 0.05) is 10.5 Å². The highest BCUT2D eigenvalue weighted by molar-refractivity contribution is 9.10. The predicted molar refractivity (Wildman–Crippen MR) is 98.0 cm³/mol. The minimum atomic E-state index is -0.464. The lowest BCUT2D eigenvalue weighted by Gasteiger charge is -2.07. The molecule has 0 saturated carbocycles. The van der Waals surface area contributed by atoms with Crippen LogP contribution in [0.5, 0.6) is 11.5 Å². The highest BCUT2D eigenvalue weighted by atomic mass is 79.9. The van der Waals surface area contributed by atoms with Crippen LogP contribution in [0.15, 0.2) is 59.1 Å². The van der Waals surface area contributed by atoms with E-state index in [1.165, 1.54) is 6.08 Å². The predicted octanol–water partition coefficient (Wildman–Crippen LogP) is 2.70. The van der Waals surface area contributed by atoms with Crippen molar-refractivity contribution in [2.24, 2.45) is 0 Å². The second-order valence-electron chi connectivity index (χ2n) is 4.89. The molecule has 2 aromatic carbocycles. The summed E-state index contributed by atoms with van der Waals surface area (Å²) in [5, 5.41) is 0. The summed E-state index contributed by atoms with van der Waals surface area (Å²) in [6, 6.07) is 14.3. The average Bonchev–Trinajstić information content (AvgIpc) is 2.64. The molecule has 0 heterocycles. The van der Waals surface area contributed by atoms with Crippen LogP contribution in [0.1, 0.15) is 5.56 Å². The minimum absolute atomic E-state index is 0.204. The molecule has 0 aliphatic rings. The number of hydrazine groups is 1. The Morgan fingerprint density at radius 1 is 1.00 bits per heavy atom. The minimum Gasteiger partial charge on any atom is -0.497 e. The Hall–Kier alpha value is -2.80. The zero-order valence-electron chi connectivity index (χ0n) is 13.5. The third-order valence-corrected chi connectivity index (χ3v) is 3.58. The van der Waals surface area contributed by atoms with Gasteiger partial charge in [0.2, 0.25) is 0 Å². The highest BCUT2D eigenvalue weighted by Gasteiger charge is 2.04. The molecule has 0 bridgehead atoms. The summed E-state index contributed by atoms with van der Waals surface area (Å²) < 4.78 is 11.3. The first-order chi connectivity index (χ1) is 12.1. The summed E-state index contributed by atoms with van der Waals surface area (Å²) in [5.74, 6) is 0.380. The summed E-state index contributed by atoms with van der Waals surface area (Å²) in [4.78, 5) is 23.3. The number of nitrogens with one attached hydrogen (secondary N) is 2. The maximum absolute atomic E-state index is 11.7. The zero-order valence-corrected chi connectivity index (χ0v) is 15.1. The molecule has 2 rings (SSSR count). The van der Waals surface area contributed by atoms with Crippen molar-refractivity contribution in [3.8, 4) is 11.5 Å². The second-order valence-corrected chi connectivity index (χ2v) is 5.80. The van der Waals surface area contributed by atoms with Gasteiger partial charge in [-0.2, -0.15) is 0 Å². The summed E-state index contributed by atoms with van der Waals surface area (Å²) in [5.41, 5.74) is 5.39. The van der Waals surface area contributed by atoms with Crippen LogP contribution in [-0.4, -0.2) is 25.5 Å². The zero-order chi connectivity index (χ0) is 18.1. The summed E-state index contributed by atoms with van der Waals surface area (Å²) >= 11 is 3.31. The number of benzene rings is 2. The topological polar surface area (TPSA) is 76.7 Å². The van der Waals surface area contributed by atoms with Gasteiger partial charge in [-0.3, -0.25) is 20.4 Å². The Kier molecular flexibility index (Phi) is 7.03. The largest absolute Gasteiger partial charge is 0.497 e. The van der Waals surface area contributed by atoms with E-state index < -0.39 is 11.8 Å². The standard InChI is InChI=1S/C18H17BrN2O4/c1-24-15-7-2-13(3-8-15)4-11-17(22)20-21-18(23)12-25-16-9-5-14(19)6-10-16/h2-11H,12H2,1H3,(H,20,22)(H,21,23)/b11-4+. The number of carbonyl (C=O) groups excluding carboxylic acids is 2. The van der Waals surface area contributed by atoms with Crippen LogP contribution in [0.3, 0.4) is 0 Å². The molecule has 2 amide bonds. The average molecular weight is 405 g/mol. The number of methoxy groups -OCH3 is 1. The molecule has 0 radical (unpaired) electrons. The fraction of sp³-hybridized carbons (Fsp3) is 0.111. The van der Waals surface area contributed by atoms with Crippen molar-refractivity contribution < 1.29 is 19.1 Å². The first kappa shape index (κ1) is 18.5. The van der Waals surface area contributed by atoms with E-state index in [1.54, 1.807) is 49.6 Å². The second kappa shape index (κ2) is 9.48. The van der Waals surface area contributed by atoms with Gasteiger partial charge in [-0.05, 0) is 48.0 Å². The van der Waals surface area contributed by atoms with Crippen molar-refractivity contribution in [3.05, 3.63) is 64.6 Å². The third kappa shape index (κ3) is 6.68. The molecule has 0 saturated heterocycles. The molecule has 0 aliphatic carbocycles. The molecule has 6 nitrogen and oxygen atoms in total. The van der Waals surface area contributed by atoms with E-state index in [9.17, 15) is 9.59 Å². The molecule has 2 aromatic rings. The van der Waals surface area contributed by atoms with Gasteiger partial charge in [0.1, 0.15) is 11.5 Å². The molecule has 0 aromatic heterocycles. The summed E-state index contributed by atoms with van der Waals surface area (Å²) in [6.45, 7) is -0.204. The lowest BCUT2D eigenvalue weighted by molar-refractivity contribution is -0.128. The number of amides is 2. The number of ether oxygens (including phenoxy) is 2. The van der Waals surface area contributed by atoms with Crippen molar-refractivity contribution in [1.82, 2.24) is 10.9 Å². The van der Waals surface area contributed by atoms with Crippen LogP contribution in [-0.2, 0) is 9.59 Å². The van der Waals surface area contributed by atoms with Gasteiger partial charge in [0.05, 0.1) is 7.11 Å². The van der Waals surface area contributed by atoms with Crippen LogP contribution >= 0.6 is 15.9 Å². The number of halogens is 1. The van der Waals surface area contributed by atoms with Gasteiger partial charge in [0.15, 0.2) is 6.61 Å². The van der Waals surface area contributed by atoms with Crippen LogP contribution in [0, 0.1) is 0 Å². The lowest BCUT2D eigenvalue weighted by atomic mass is 10.2. The maximum atomic E-state index is 11.7. The van der Waals surface area contributed by atoms with Gasteiger partial charge >= 0.3 is 0 Å². The number of hydrogen-bond acceptors (Lipinski definition) is 4. The molecule has 7 heteroatoms. The Labute approximate surface area is 153 Å². The third-order valence-electron chi connectivity index (χ3n) is 3.05. The fourth-order valence-corrected chi connectivity index (χ4v) is 2.04. The van der Waals surface area contributed by atoms with E-state index >= 15 is 0 Å². The van der Waals surface area contributed by atoms with E-state index in [4.69, 9.17) is 9.47 Å². The van der Waals surface area contributed by atoms with E-state index in [-0.39, 0.29) is 6.61 Å². The van der Waals surface area contributed by atoms with Crippen molar-refractivity contribution in [1.29, 1.82) is 0 Å². The van der Waals surface area contributed by atoms with Gasteiger partial charge in [-0.15, -0.1) is 0 Å². The quantitative estimate of drug-likeness (QED) is 0.573. The Balaban J connectivity index is 1.72. The van der Waals surface area contributed by atoms with E-state index in [1.807, 2.05) is 12.1 Å². The number of rotatable bonds is 6. The van der Waals surface area contributed by atoms with E-state index in [2.05, 4.69) is 26.8 Å². The Morgan fingerprint density at radius 2 is 1.64 bits per heavy atom.